The van der Waals surface area contributed by atoms with Crippen LogP contribution in [0, 0.1) is 0 Å². The maximum absolute atomic E-state index is 11.3. The molecule has 43 heavy (non-hydrogen) atoms. The highest BCUT2D eigenvalue weighted by Crippen LogP contribution is 2.44. The molecule has 0 spiro atoms. The van der Waals surface area contributed by atoms with Gasteiger partial charge in [0, 0.05) is 46.7 Å². The molecule has 1 aliphatic carbocycles. The molecule has 1 amide bonds. The number of rotatable bonds is 8. The van der Waals surface area contributed by atoms with Gasteiger partial charge in [-0.25, -0.2) is 4.98 Å². The summed E-state index contributed by atoms with van der Waals surface area (Å²) in [5.41, 5.74) is 13.4. The topological polar surface area (TPSA) is 64.2 Å². The Morgan fingerprint density at radius 1 is 0.791 bits per heavy atom. The van der Waals surface area contributed by atoms with Crippen LogP contribution in [-0.4, -0.2) is 28.5 Å². The highest BCUT2D eigenvalue weighted by Gasteiger charge is 2.33. The van der Waals surface area contributed by atoms with Crippen LogP contribution in [-0.2, 0) is 11.2 Å². The molecule has 0 bridgehead atoms. The first kappa shape index (κ1) is 28.0. The molecule has 5 aromatic rings. The number of imidazole rings is 1. The number of amides is 1. The molecule has 218 valence electrons. The van der Waals surface area contributed by atoms with E-state index in [1.54, 1.807) is 0 Å². The van der Waals surface area contributed by atoms with Gasteiger partial charge in [-0.05, 0) is 96.5 Å². The predicted molar refractivity (Wildman–Crippen MR) is 175 cm³/mol. The molecule has 2 aliphatic rings. The van der Waals surface area contributed by atoms with Crippen LogP contribution in [0.2, 0.25) is 10.0 Å². The van der Waals surface area contributed by atoms with Gasteiger partial charge in [-0.2, -0.15) is 0 Å². The molecule has 4 aromatic carbocycles. The summed E-state index contributed by atoms with van der Waals surface area (Å²) >= 11 is 12.6. The number of nitrogens with two attached hydrogens (primary N) is 1. The summed E-state index contributed by atoms with van der Waals surface area (Å²) in [5.74, 6) is 1.54. The first-order chi connectivity index (χ1) is 20.9. The van der Waals surface area contributed by atoms with E-state index < -0.39 is 0 Å². The van der Waals surface area contributed by atoms with Crippen molar-refractivity contribution in [2.45, 2.75) is 50.0 Å². The smallest absolute Gasteiger partial charge is 0.221 e. The van der Waals surface area contributed by atoms with Gasteiger partial charge in [-0.3, -0.25) is 4.79 Å². The molecule has 1 saturated carbocycles. The summed E-state index contributed by atoms with van der Waals surface area (Å²) in [6.45, 7) is 1.95. The maximum Gasteiger partial charge on any atom is 0.221 e. The van der Waals surface area contributed by atoms with Gasteiger partial charge in [0.2, 0.25) is 5.91 Å². The monoisotopic (exact) mass is 608 g/mol. The van der Waals surface area contributed by atoms with Crippen molar-refractivity contribution in [3.63, 3.8) is 0 Å². The van der Waals surface area contributed by atoms with Crippen molar-refractivity contribution in [3.8, 4) is 0 Å². The molecule has 0 unspecified atom stereocenters. The Morgan fingerprint density at radius 3 is 1.93 bits per heavy atom. The zero-order valence-corrected chi connectivity index (χ0v) is 25.4. The minimum absolute atomic E-state index is 0.0473. The molecule has 7 rings (SSSR count). The number of hydrogen-bond acceptors (Lipinski definition) is 3. The largest absolute Gasteiger partial charge is 0.371 e. The number of halogens is 2. The van der Waals surface area contributed by atoms with E-state index in [0.29, 0.717) is 12.0 Å². The average molecular weight is 610 g/mol. The van der Waals surface area contributed by atoms with Gasteiger partial charge in [-0.15, -0.1) is 0 Å². The van der Waals surface area contributed by atoms with Crippen LogP contribution in [0.5, 0.6) is 0 Å². The quantitative estimate of drug-likeness (QED) is 0.180. The van der Waals surface area contributed by atoms with Crippen molar-refractivity contribution in [1.82, 2.24) is 9.55 Å². The lowest BCUT2D eigenvalue weighted by atomic mass is 9.85. The minimum atomic E-state index is -0.302. The van der Waals surface area contributed by atoms with Crippen LogP contribution in [0.3, 0.4) is 0 Å². The summed E-state index contributed by atoms with van der Waals surface area (Å²) in [6.07, 6.45) is 4.81. The second kappa shape index (κ2) is 11.7. The second-order valence-corrected chi connectivity index (χ2v) is 12.8. The van der Waals surface area contributed by atoms with E-state index in [1.807, 2.05) is 36.4 Å². The molecular formula is C36H34Cl2N4O. The first-order valence-electron chi connectivity index (χ1n) is 15.1. The summed E-state index contributed by atoms with van der Waals surface area (Å²) < 4.78 is 2.57. The maximum atomic E-state index is 11.3. The Kier molecular flexibility index (Phi) is 7.62. The van der Waals surface area contributed by atoms with Crippen LogP contribution in [0.1, 0.15) is 71.6 Å². The van der Waals surface area contributed by atoms with Crippen LogP contribution in [0.25, 0.3) is 11.0 Å². The van der Waals surface area contributed by atoms with E-state index in [2.05, 4.69) is 64.1 Å². The SMILES string of the molecule is NC(=O)Cc1ccc(N2CCC(n3c(C4CC4)nc4ccc(C(c5ccc(Cl)cc5)c5ccc(Cl)cc5)cc43)CC2)cc1. The molecule has 2 fully saturated rings. The Bertz CT molecular complexity index is 1710. The zero-order valence-electron chi connectivity index (χ0n) is 23.9. The number of carbonyl (C=O) groups is 1. The molecule has 2 heterocycles. The van der Waals surface area contributed by atoms with E-state index in [4.69, 9.17) is 33.9 Å². The molecule has 1 aliphatic heterocycles. The first-order valence-corrected chi connectivity index (χ1v) is 15.8. The number of aromatic nitrogens is 2. The van der Waals surface area contributed by atoms with Crippen molar-refractivity contribution < 1.29 is 4.79 Å². The summed E-state index contributed by atoms with van der Waals surface area (Å²) in [6, 6.07) is 31.8. The van der Waals surface area contributed by atoms with Crippen molar-refractivity contribution in [2.75, 3.05) is 18.0 Å². The van der Waals surface area contributed by atoms with Crippen LogP contribution in [0.4, 0.5) is 5.69 Å². The standard InChI is InChI=1S/C36H34Cl2N4O/c37-28-10-5-24(6-11-28)35(25-7-12-29(38)13-8-25)27-9-16-32-33(22-27)42(36(40-32)26-3-4-26)31-17-19-41(20-18-31)30-14-1-23(2-15-30)21-34(39)43/h1-2,5-16,22,26,31,35H,3-4,17-21H2,(H2,39,43). The Labute approximate surface area is 262 Å². The lowest BCUT2D eigenvalue weighted by molar-refractivity contribution is -0.117. The number of nitrogens with zero attached hydrogens (tertiary/aromatic N) is 3. The molecule has 0 atom stereocenters. The predicted octanol–water partition coefficient (Wildman–Crippen LogP) is 8.27. The molecule has 7 heteroatoms. The van der Waals surface area contributed by atoms with Crippen molar-refractivity contribution >= 4 is 45.8 Å². The van der Waals surface area contributed by atoms with Gasteiger partial charge in [-0.1, -0.05) is 65.7 Å². The van der Waals surface area contributed by atoms with Gasteiger partial charge in [0.05, 0.1) is 17.5 Å². The van der Waals surface area contributed by atoms with Crippen molar-refractivity contribution in [1.29, 1.82) is 0 Å². The molecular weight excluding hydrogens is 575 g/mol. The third kappa shape index (κ3) is 5.89. The molecule has 1 aromatic heterocycles. The van der Waals surface area contributed by atoms with Gasteiger partial charge >= 0.3 is 0 Å². The van der Waals surface area contributed by atoms with E-state index in [-0.39, 0.29) is 18.2 Å². The van der Waals surface area contributed by atoms with E-state index >= 15 is 0 Å². The fraction of sp³-hybridized carbons (Fsp3) is 0.278. The Balaban J connectivity index is 1.22. The highest BCUT2D eigenvalue weighted by atomic mass is 35.5. The number of anilines is 1. The number of fused-ring (bicyclic) bond motifs is 1. The molecule has 1 saturated heterocycles. The summed E-state index contributed by atoms with van der Waals surface area (Å²) in [5, 5.41) is 1.46. The van der Waals surface area contributed by atoms with Gasteiger partial charge in [0.15, 0.2) is 0 Å². The molecule has 5 nitrogen and oxygen atoms in total. The van der Waals surface area contributed by atoms with E-state index in [0.717, 1.165) is 47.1 Å². The van der Waals surface area contributed by atoms with Crippen LogP contribution in [0.15, 0.2) is 91.0 Å². The summed E-state index contributed by atoms with van der Waals surface area (Å²) in [4.78, 5) is 19.0. The number of carbonyl (C=O) groups excluding carboxylic acids is 1. The zero-order chi connectivity index (χ0) is 29.5. The minimum Gasteiger partial charge on any atom is -0.371 e. The van der Waals surface area contributed by atoms with Crippen LogP contribution < -0.4 is 10.6 Å². The molecule has 2 N–H and O–H groups in total. The van der Waals surface area contributed by atoms with Crippen LogP contribution >= 0.6 is 23.2 Å². The second-order valence-electron chi connectivity index (χ2n) is 11.9. The third-order valence-electron chi connectivity index (χ3n) is 8.93. The van der Waals surface area contributed by atoms with Crippen molar-refractivity contribution in [3.05, 3.63) is 129 Å². The van der Waals surface area contributed by atoms with E-state index in [1.165, 1.54) is 46.6 Å². The fourth-order valence-corrected chi connectivity index (χ4v) is 6.87. The van der Waals surface area contributed by atoms with E-state index in [9.17, 15) is 4.79 Å². The van der Waals surface area contributed by atoms with Crippen molar-refractivity contribution in [2.24, 2.45) is 5.73 Å². The Morgan fingerprint density at radius 2 is 1.37 bits per heavy atom. The third-order valence-corrected chi connectivity index (χ3v) is 9.44. The Hall–Kier alpha value is -3.80. The number of piperidine rings is 1. The van der Waals surface area contributed by atoms with Gasteiger partial charge in [0.1, 0.15) is 5.82 Å². The fourth-order valence-electron chi connectivity index (χ4n) is 6.62. The lowest BCUT2D eigenvalue weighted by Crippen LogP contribution is -2.35. The highest BCUT2D eigenvalue weighted by molar-refractivity contribution is 6.30. The van der Waals surface area contributed by atoms with Gasteiger partial charge in [0.25, 0.3) is 0 Å². The lowest BCUT2D eigenvalue weighted by Gasteiger charge is -2.35. The average Bonchev–Trinajstić information content (AvgIpc) is 3.79. The number of benzene rings is 4. The number of hydrogen-bond donors (Lipinski definition) is 1. The number of primary amides is 1. The van der Waals surface area contributed by atoms with Gasteiger partial charge < -0.3 is 15.2 Å². The normalized spacial score (nSPS) is 15.8. The molecule has 0 radical (unpaired) electrons. The summed E-state index contributed by atoms with van der Waals surface area (Å²) in [7, 11) is 0.